The van der Waals surface area contributed by atoms with Gasteiger partial charge >= 0.3 is 0 Å². The van der Waals surface area contributed by atoms with Crippen molar-refractivity contribution in [3.63, 3.8) is 0 Å². The molecule has 1 atom stereocenters. The van der Waals surface area contributed by atoms with Crippen LogP contribution >= 0.6 is 11.3 Å². The van der Waals surface area contributed by atoms with Crippen LogP contribution in [0.3, 0.4) is 0 Å². The van der Waals surface area contributed by atoms with Crippen LogP contribution in [0.2, 0.25) is 0 Å². The van der Waals surface area contributed by atoms with E-state index in [4.69, 9.17) is 9.47 Å². The van der Waals surface area contributed by atoms with E-state index in [9.17, 15) is 4.79 Å². The molecule has 3 aromatic rings. The van der Waals surface area contributed by atoms with E-state index in [1.807, 2.05) is 28.1 Å². The van der Waals surface area contributed by atoms with E-state index in [1.54, 1.807) is 20.5 Å². The molecule has 0 aliphatic carbocycles. The first kappa shape index (κ1) is 19.0. The number of hydrogen-bond donors (Lipinski definition) is 0. The third-order valence-electron chi connectivity index (χ3n) is 5.54. The Kier molecular flexibility index (Phi) is 5.37. The lowest BCUT2D eigenvalue weighted by atomic mass is 10.0. The number of piperidine rings is 1. The minimum atomic E-state index is 0.0297. The summed E-state index contributed by atoms with van der Waals surface area (Å²) in [6, 6.07) is 5.84. The molecule has 6 nitrogen and oxygen atoms in total. The van der Waals surface area contributed by atoms with E-state index >= 15 is 0 Å². The Morgan fingerprint density at radius 2 is 2.11 bits per heavy atom. The molecule has 0 spiro atoms. The fourth-order valence-electron chi connectivity index (χ4n) is 3.97. The summed E-state index contributed by atoms with van der Waals surface area (Å²) in [6.07, 6.45) is 3.83. The Morgan fingerprint density at radius 3 is 2.86 bits per heavy atom. The molecule has 1 fully saturated rings. The van der Waals surface area contributed by atoms with E-state index in [1.165, 1.54) is 11.3 Å². The van der Waals surface area contributed by atoms with Gasteiger partial charge in [-0.1, -0.05) is 6.92 Å². The van der Waals surface area contributed by atoms with Crippen LogP contribution in [0.1, 0.15) is 25.8 Å². The molecule has 0 amide bonds. The highest BCUT2D eigenvalue weighted by molar-refractivity contribution is 7.17. The first-order valence-electron chi connectivity index (χ1n) is 9.59. The van der Waals surface area contributed by atoms with Crippen LogP contribution in [-0.2, 0) is 0 Å². The number of rotatable bonds is 5. The number of likely N-dealkylation sites (tertiary alicyclic amines) is 1. The smallest absolute Gasteiger partial charge is 0.263 e. The number of methoxy groups -OCH3 is 2. The summed E-state index contributed by atoms with van der Waals surface area (Å²) in [5, 5.41) is 2.66. The van der Waals surface area contributed by atoms with Crippen molar-refractivity contribution < 1.29 is 9.47 Å². The van der Waals surface area contributed by atoms with Gasteiger partial charge in [-0.3, -0.25) is 9.36 Å². The van der Waals surface area contributed by atoms with Gasteiger partial charge in [0.25, 0.3) is 5.56 Å². The Bertz CT molecular complexity index is 1040. The SMILES string of the molecule is CCN1CCCC(n2cnc3scc(-c4ccc(OC)cc4OC)c3c2=O)C1. The van der Waals surface area contributed by atoms with Crippen molar-refractivity contribution in [3.8, 4) is 22.6 Å². The normalized spacial score (nSPS) is 17.8. The maximum atomic E-state index is 13.4. The highest BCUT2D eigenvalue weighted by Gasteiger charge is 2.23. The molecule has 2 aromatic heterocycles. The van der Waals surface area contributed by atoms with Crippen LogP contribution in [-0.4, -0.2) is 48.3 Å². The monoisotopic (exact) mass is 399 g/mol. The molecule has 1 aliphatic heterocycles. The van der Waals surface area contributed by atoms with Crippen LogP contribution in [0.5, 0.6) is 11.5 Å². The quantitative estimate of drug-likeness (QED) is 0.653. The van der Waals surface area contributed by atoms with Gasteiger partial charge in [0.15, 0.2) is 0 Å². The molecule has 1 unspecified atom stereocenters. The zero-order valence-corrected chi connectivity index (χ0v) is 17.3. The lowest BCUT2D eigenvalue weighted by molar-refractivity contribution is 0.183. The Labute approximate surface area is 168 Å². The molecular weight excluding hydrogens is 374 g/mol. The molecule has 0 bridgehead atoms. The van der Waals surface area contributed by atoms with Crippen molar-refractivity contribution in [2.24, 2.45) is 0 Å². The van der Waals surface area contributed by atoms with Crippen molar-refractivity contribution in [1.82, 2.24) is 14.5 Å². The van der Waals surface area contributed by atoms with Gasteiger partial charge in [0, 0.05) is 29.1 Å². The predicted octanol–water partition coefficient (Wildman–Crippen LogP) is 3.80. The van der Waals surface area contributed by atoms with E-state index in [0.717, 1.165) is 54.2 Å². The van der Waals surface area contributed by atoms with Crippen LogP contribution in [0, 0.1) is 0 Å². The number of nitrogens with zero attached hydrogens (tertiary/aromatic N) is 3. The number of aromatic nitrogens is 2. The van der Waals surface area contributed by atoms with Crippen molar-refractivity contribution in [2.75, 3.05) is 33.9 Å². The Balaban J connectivity index is 1.83. The number of hydrogen-bond acceptors (Lipinski definition) is 6. The molecule has 3 heterocycles. The van der Waals surface area contributed by atoms with Crippen LogP contribution < -0.4 is 15.0 Å². The van der Waals surface area contributed by atoms with Gasteiger partial charge in [0.2, 0.25) is 0 Å². The van der Waals surface area contributed by atoms with Gasteiger partial charge in [-0.15, -0.1) is 11.3 Å². The van der Waals surface area contributed by atoms with E-state index in [0.29, 0.717) is 11.1 Å². The van der Waals surface area contributed by atoms with Gasteiger partial charge in [-0.25, -0.2) is 4.98 Å². The lowest BCUT2D eigenvalue weighted by Gasteiger charge is -2.32. The Morgan fingerprint density at radius 1 is 1.25 bits per heavy atom. The van der Waals surface area contributed by atoms with Crippen molar-refractivity contribution in [2.45, 2.75) is 25.8 Å². The van der Waals surface area contributed by atoms with Gasteiger partial charge in [-0.2, -0.15) is 0 Å². The molecule has 1 aromatic carbocycles. The number of thiophene rings is 1. The van der Waals surface area contributed by atoms with Crippen molar-refractivity contribution >= 4 is 21.6 Å². The molecule has 1 aliphatic rings. The summed E-state index contributed by atoms with van der Waals surface area (Å²) >= 11 is 1.49. The fraction of sp³-hybridized carbons (Fsp3) is 0.429. The summed E-state index contributed by atoms with van der Waals surface area (Å²) in [4.78, 5) is 21.2. The second kappa shape index (κ2) is 7.93. The minimum absolute atomic E-state index is 0.0297. The third kappa shape index (κ3) is 3.29. The first-order valence-corrected chi connectivity index (χ1v) is 10.5. The maximum absolute atomic E-state index is 13.4. The fourth-order valence-corrected chi connectivity index (χ4v) is 4.87. The number of fused-ring (bicyclic) bond motifs is 1. The molecule has 4 rings (SSSR count). The minimum Gasteiger partial charge on any atom is -0.497 e. The largest absolute Gasteiger partial charge is 0.497 e. The first-order chi connectivity index (χ1) is 13.7. The zero-order valence-electron chi connectivity index (χ0n) is 16.5. The van der Waals surface area contributed by atoms with Crippen molar-refractivity contribution in [3.05, 3.63) is 40.3 Å². The van der Waals surface area contributed by atoms with E-state index in [2.05, 4.69) is 16.8 Å². The van der Waals surface area contributed by atoms with Crippen LogP contribution in [0.15, 0.2) is 34.7 Å². The van der Waals surface area contributed by atoms with Crippen LogP contribution in [0.4, 0.5) is 0 Å². The molecule has 7 heteroatoms. The van der Waals surface area contributed by atoms with E-state index in [-0.39, 0.29) is 11.6 Å². The molecule has 0 radical (unpaired) electrons. The third-order valence-corrected chi connectivity index (χ3v) is 6.43. The lowest BCUT2D eigenvalue weighted by Crippen LogP contribution is -2.39. The molecule has 0 saturated carbocycles. The average molecular weight is 400 g/mol. The maximum Gasteiger partial charge on any atom is 0.263 e. The van der Waals surface area contributed by atoms with Crippen LogP contribution in [0.25, 0.3) is 21.3 Å². The van der Waals surface area contributed by atoms with Gasteiger partial charge in [-0.05, 0) is 38.1 Å². The van der Waals surface area contributed by atoms with E-state index < -0.39 is 0 Å². The second-order valence-corrected chi connectivity index (χ2v) is 7.90. The second-order valence-electron chi connectivity index (χ2n) is 7.04. The highest BCUT2D eigenvalue weighted by atomic mass is 32.1. The molecule has 1 saturated heterocycles. The summed E-state index contributed by atoms with van der Waals surface area (Å²) in [5.41, 5.74) is 1.78. The molecule has 0 N–H and O–H groups in total. The Hall–Kier alpha value is -2.38. The predicted molar refractivity (Wildman–Crippen MR) is 113 cm³/mol. The summed E-state index contributed by atoms with van der Waals surface area (Å²) in [7, 11) is 3.26. The highest BCUT2D eigenvalue weighted by Crippen LogP contribution is 2.38. The van der Waals surface area contributed by atoms with Gasteiger partial charge < -0.3 is 14.4 Å². The van der Waals surface area contributed by atoms with Gasteiger partial charge in [0.05, 0.1) is 32.0 Å². The summed E-state index contributed by atoms with van der Waals surface area (Å²) < 4.78 is 12.7. The molecule has 148 valence electrons. The van der Waals surface area contributed by atoms with Crippen molar-refractivity contribution in [1.29, 1.82) is 0 Å². The number of likely N-dealkylation sites (N-methyl/N-ethyl adjacent to an activating group) is 1. The zero-order chi connectivity index (χ0) is 19.7. The topological polar surface area (TPSA) is 56.6 Å². The van der Waals surface area contributed by atoms with Gasteiger partial charge in [0.1, 0.15) is 16.3 Å². The molecule has 28 heavy (non-hydrogen) atoms. The average Bonchev–Trinajstić information content (AvgIpc) is 3.18. The standard InChI is InChI=1S/C21H25N3O3S/c1-4-23-9-5-6-14(11-23)24-13-22-20-19(21(24)25)17(12-28-20)16-8-7-15(26-2)10-18(16)27-3/h7-8,10,12-14H,4-6,9,11H2,1-3H3. The molecular formula is C21H25N3O3S. The number of benzene rings is 1. The number of ether oxygens (including phenoxy) is 2. The summed E-state index contributed by atoms with van der Waals surface area (Å²) in [5.74, 6) is 1.40. The summed E-state index contributed by atoms with van der Waals surface area (Å²) in [6.45, 7) is 5.17.